The second-order valence-electron chi connectivity index (χ2n) is 10.2. The first-order valence-corrected chi connectivity index (χ1v) is 12.7. The number of likely N-dealkylation sites (tertiary alicyclic amines) is 1. The Labute approximate surface area is 213 Å². The number of Topliss-reactive ketones (excluding diaryl/α,β-unsaturated/α-hetero) is 1. The zero-order valence-electron chi connectivity index (χ0n) is 21.7. The van der Waals surface area contributed by atoms with Gasteiger partial charge in [-0.05, 0) is 80.7 Å². The van der Waals surface area contributed by atoms with Crippen LogP contribution in [0.4, 0.5) is 4.79 Å². The Hall–Kier alpha value is -3.11. The zero-order valence-corrected chi connectivity index (χ0v) is 21.7. The van der Waals surface area contributed by atoms with Crippen molar-refractivity contribution in [1.82, 2.24) is 4.90 Å². The predicted octanol–water partition coefficient (Wildman–Crippen LogP) is 4.57. The normalized spacial score (nSPS) is 20.1. The first-order valence-electron chi connectivity index (χ1n) is 12.7. The molecule has 0 radical (unpaired) electrons. The van der Waals surface area contributed by atoms with Gasteiger partial charge >= 0.3 is 6.16 Å². The SMILES string of the molecule is CC#Cc1cc(C)c(C2=C(OC(=O)OC)CC3(CCN(C(=O)C4CCOCC4)CC3)CC2=O)c(C)c1. The number of rotatable bonds is 3. The van der Waals surface area contributed by atoms with Gasteiger partial charge in [0, 0.05) is 50.6 Å². The molecule has 0 saturated carbocycles. The maximum Gasteiger partial charge on any atom is 0.513 e. The molecule has 0 atom stereocenters. The van der Waals surface area contributed by atoms with E-state index in [4.69, 9.17) is 14.2 Å². The van der Waals surface area contributed by atoms with E-state index in [2.05, 4.69) is 11.8 Å². The third kappa shape index (κ3) is 5.34. The molecule has 7 nitrogen and oxygen atoms in total. The Kier molecular flexibility index (Phi) is 7.85. The number of methoxy groups -OCH3 is 1. The first-order chi connectivity index (χ1) is 17.3. The van der Waals surface area contributed by atoms with Crippen molar-refractivity contribution in [2.75, 3.05) is 33.4 Å². The Balaban J connectivity index is 1.62. The number of amides is 1. The lowest BCUT2D eigenvalue weighted by atomic mass is 9.66. The van der Waals surface area contributed by atoms with Gasteiger partial charge in [-0.3, -0.25) is 9.59 Å². The lowest BCUT2D eigenvalue weighted by Gasteiger charge is -2.45. The van der Waals surface area contributed by atoms with Gasteiger partial charge in [-0.15, -0.1) is 5.92 Å². The average molecular weight is 494 g/mol. The van der Waals surface area contributed by atoms with Crippen LogP contribution in [0.3, 0.4) is 0 Å². The summed E-state index contributed by atoms with van der Waals surface area (Å²) < 4.78 is 15.8. The fourth-order valence-corrected chi connectivity index (χ4v) is 5.92. The summed E-state index contributed by atoms with van der Waals surface area (Å²) in [6, 6.07) is 3.92. The highest BCUT2D eigenvalue weighted by atomic mass is 16.7. The average Bonchev–Trinajstić information content (AvgIpc) is 2.86. The van der Waals surface area contributed by atoms with Crippen LogP contribution in [0, 0.1) is 37.0 Å². The van der Waals surface area contributed by atoms with E-state index < -0.39 is 6.16 Å². The minimum Gasteiger partial charge on any atom is -0.437 e. The summed E-state index contributed by atoms with van der Waals surface area (Å²) in [5.41, 5.74) is 3.62. The van der Waals surface area contributed by atoms with Gasteiger partial charge in [0.1, 0.15) is 5.76 Å². The number of ketones is 1. The number of hydrogen-bond donors (Lipinski definition) is 0. The van der Waals surface area contributed by atoms with Crippen LogP contribution < -0.4 is 0 Å². The molecule has 1 amide bonds. The van der Waals surface area contributed by atoms with Crippen LogP contribution in [-0.2, 0) is 23.8 Å². The largest absolute Gasteiger partial charge is 0.513 e. The van der Waals surface area contributed by atoms with Crippen LogP contribution in [0.2, 0.25) is 0 Å². The molecular formula is C29H35NO6. The molecule has 2 fully saturated rings. The number of carbonyl (C=O) groups is 3. The summed E-state index contributed by atoms with van der Waals surface area (Å²) in [7, 11) is 1.26. The van der Waals surface area contributed by atoms with E-state index in [1.54, 1.807) is 6.92 Å². The molecule has 0 aromatic heterocycles. The summed E-state index contributed by atoms with van der Waals surface area (Å²) in [6.07, 6.45) is 2.91. The third-order valence-corrected chi connectivity index (χ3v) is 7.76. The van der Waals surface area contributed by atoms with E-state index >= 15 is 0 Å². The minimum absolute atomic E-state index is 0.0248. The third-order valence-electron chi connectivity index (χ3n) is 7.76. The van der Waals surface area contributed by atoms with Crippen LogP contribution in [0.1, 0.15) is 67.7 Å². The van der Waals surface area contributed by atoms with Crippen LogP contribution in [0.15, 0.2) is 17.9 Å². The summed E-state index contributed by atoms with van der Waals surface area (Å²) in [4.78, 5) is 40.9. The van der Waals surface area contributed by atoms with Gasteiger partial charge < -0.3 is 19.1 Å². The van der Waals surface area contributed by atoms with Crippen molar-refractivity contribution in [2.45, 2.75) is 59.3 Å². The molecule has 4 rings (SSSR count). The lowest BCUT2D eigenvalue weighted by Crippen LogP contribution is -2.48. The van der Waals surface area contributed by atoms with E-state index in [-0.39, 0.29) is 23.0 Å². The predicted molar refractivity (Wildman–Crippen MR) is 135 cm³/mol. The van der Waals surface area contributed by atoms with Crippen molar-refractivity contribution < 1.29 is 28.6 Å². The molecule has 192 valence electrons. The van der Waals surface area contributed by atoms with E-state index in [0.29, 0.717) is 63.3 Å². The number of piperidine rings is 1. The molecule has 1 aliphatic carbocycles. The van der Waals surface area contributed by atoms with Gasteiger partial charge in [0.15, 0.2) is 5.78 Å². The number of ether oxygens (including phenoxy) is 3. The molecule has 7 heteroatoms. The standard InChI is InChI=1S/C29H35NO6/c1-5-6-21-15-19(2)25(20(3)16-21)26-23(31)17-29(18-24(26)36-28(33)34-4)9-11-30(12-10-29)27(32)22-7-13-35-14-8-22/h15-16,22H,7-14,17-18H2,1-4H3. The maximum atomic E-state index is 13.7. The van der Waals surface area contributed by atoms with Crippen LogP contribution in [-0.4, -0.2) is 56.2 Å². The highest BCUT2D eigenvalue weighted by molar-refractivity contribution is 6.23. The highest BCUT2D eigenvalue weighted by Gasteiger charge is 2.45. The van der Waals surface area contributed by atoms with Gasteiger partial charge in [0.05, 0.1) is 12.7 Å². The Bertz CT molecular complexity index is 1120. The number of allylic oxidation sites excluding steroid dienone is 2. The van der Waals surface area contributed by atoms with Crippen molar-refractivity contribution >= 4 is 23.4 Å². The summed E-state index contributed by atoms with van der Waals surface area (Å²) in [5, 5.41) is 0. The monoisotopic (exact) mass is 493 g/mol. The Morgan fingerprint density at radius 3 is 2.31 bits per heavy atom. The highest BCUT2D eigenvalue weighted by Crippen LogP contribution is 2.49. The van der Waals surface area contributed by atoms with Crippen molar-refractivity contribution in [3.05, 3.63) is 40.1 Å². The molecule has 36 heavy (non-hydrogen) atoms. The van der Waals surface area contributed by atoms with Crippen molar-refractivity contribution in [2.24, 2.45) is 11.3 Å². The van der Waals surface area contributed by atoms with Gasteiger partial charge in [0.2, 0.25) is 5.91 Å². The molecule has 2 aliphatic heterocycles. The fraction of sp³-hybridized carbons (Fsp3) is 0.552. The summed E-state index contributed by atoms with van der Waals surface area (Å²) in [5.74, 6) is 6.53. The van der Waals surface area contributed by atoms with Gasteiger partial charge in [-0.2, -0.15) is 0 Å². The molecule has 0 bridgehead atoms. The maximum absolute atomic E-state index is 13.7. The van der Waals surface area contributed by atoms with E-state index in [0.717, 1.165) is 35.1 Å². The molecule has 2 saturated heterocycles. The van der Waals surface area contributed by atoms with Crippen molar-refractivity contribution in [3.63, 3.8) is 0 Å². The molecule has 3 aliphatic rings. The number of hydrogen-bond acceptors (Lipinski definition) is 6. The summed E-state index contributed by atoms with van der Waals surface area (Å²) >= 11 is 0. The number of nitrogens with zero attached hydrogens (tertiary/aromatic N) is 1. The molecule has 1 aromatic rings. The molecule has 2 heterocycles. The van der Waals surface area contributed by atoms with Gasteiger partial charge in [0.25, 0.3) is 0 Å². The molecular weight excluding hydrogens is 458 g/mol. The van der Waals surface area contributed by atoms with Crippen LogP contribution >= 0.6 is 0 Å². The molecule has 1 aromatic carbocycles. The van der Waals surface area contributed by atoms with Crippen molar-refractivity contribution in [3.8, 4) is 11.8 Å². The fourth-order valence-electron chi connectivity index (χ4n) is 5.92. The van der Waals surface area contributed by atoms with E-state index in [1.807, 2.05) is 30.9 Å². The smallest absolute Gasteiger partial charge is 0.437 e. The Morgan fingerprint density at radius 1 is 1.08 bits per heavy atom. The first kappa shape index (κ1) is 26.0. The summed E-state index contributed by atoms with van der Waals surface area (Å²) in [6.45, 7) is 8.16. The molecule has 0 N–H and O–H groups in total. The quantitative estimate of drug-likeness (QED) is 0.453. The number of benzene rings is 1. The van der Waals surface area contributed by atoms with E-state index in [9.17, 15) is 14.4 Å². The van der Waals surface area contributed by atoms with E-state index in [1.165, 1.54) is 7.11 Å². The number of carbonyl (C=O) groups excluding carboxylic acids is 3. The van der Waals surface area contributed by atoms with Crippen molar-refractivity contribution in [1.29, 1.82) is 0 Å². The lowest BCUT2D eigenvalue weighted by molar-refractivity contribution is -0.141. The second-order valence-corrected chi connectivity index (χ2v) is 10.2. The van der Waals surface area contributed by atoms with Crippen LogP contribution in [0.25, 0.3) is 5.57 Å². The molecule has 1 spiro atoms. The van der Waals surface area contributed by atoms with Crippen LogP contribution in [0.5, 0.6) is 0 Å². The molecule has 0 unspecified atom stereocenters. The van der Waals surface area contributed by atoms with Gasteiger partial charge in [-0.1, -0.05) is 5.92 Å². The number of aryl methyl sites for hydroxylation is 2. The Morgan fingerprint density at radius 2 is 1.72 bits per heavy atom. The van der Waals surface area contributed by atoms with Gasteiger partial charge in [-0.25, -0.2) is 4.79 Å². The zero-order chi connectivity index (χ0) is 25.9. The minimum atomic E-state index is -0.830. The second kappa shape index (κ2) is 10.9. The topological polar surface area (TPSA) is 82.1 Å².